The Bertz CT molecular complexity index is 476. The van der Waals surface area contributed by atoms with Crippen LogP contribution in [0.25, 0.3) is 0 Å². The van der Waals surface area contributed by atoms with Gasteiger partial charge in [0.1, 0.15) is 0 Å². The molecule has 0 radical (unpaired) electrons. The van der Waals surface area contributed by atoms with Gasteiger partial charge in [-0.15, -0.1) is 0 Å². The van der Waals surface area contributed by atoms with Crippen molar-refractivity contribution in [3.05, 3.63) is 70.8 Å². The molecular weight excluding hydrogens is 216 g/mol. The lowest BCUT2D eigenvalue weighted by atomic mass is 9.92. The van der Waals surface area contributed by atoms with Crippen LogP contribution in [0.1, 0.15) is 42.0 Å². The van der Waals surface area contributed by atoms with Crippen molar-refractivity contribution in [3.8, 4) is 0 Å². The van der Waals surface area contributed by atoms with Gasteiger partial charge in [0.25, 0.3) is 0 Å². The molecule has 0 bridgehead atoms. The molecule has 1 unspecified atom stereocenters. The van der Waals surface area contributed by atoms with Gasteiger partial charge in [-0.25, -0.2) is 0 Å². The van der Waals surface area contributed by atoms with Crippen molar-refractivity contribution in [1.29, 1.82) is 0 Å². The van der Waals surface area contributed by atoms with Crippen molar-refractivity contribution >= 4 is 0 Å². The maximum atomic E-state index is 2.31. The molecule has 0 saturated carbocycles. The van der Waals surface area contributed by atoms with E-state index in [1.54, 1.807) is 0 Å². The normalized spacial score (nSPS) is 12.4. The smallest absolute Gasteiger partial charge is 0.0150 e. The van der Waals surface area contributed by atoms with Gasteiger partial charge in [-0.3, -0.25) is 0 Å². The minimum Gasteiger partial charge on any atom is -0.0613 e. The van der Waals surface area contributed by atoms with Crippen molar-refractivity contribution in [2.75, 3.05) is 0 Å². The molecule has 2 rings (SSSR count). The number of rotatable bonds is 4. The molecule has 0 heteroatoms. The largest absolute Gasteiger partial charge is 0.0613 e. The summed E-state index contributed by atoms with van der Waals surface area (Å²) in [4.78, 5) is 0. The molecular formula is C18H22. The maximum Gasteiger partial charge on any atom is -0.0150 e. The Kier molecular flexibility index (Phi) is 4.19. The molecule has 18 heavy (non-hydrogen) atoms. The van der Waals surface area contributed by atoms with E-state index in [1.165, 1.54) is 22.3 Å². The minimum absolute atomic E-state index is 0.582. The quantitative estimate of drug-likeness (QED) is 0.710. The third-order valence-electron chi connectivity index (χ3n) is 3.62. The molecule has 2 aromatic carbocycles. The van der Waals surface area contributed by atoms with Crippen molar-refractivity contribution in [2.45, 2.75) is 39.5 Å². The molecule has 0 fully saturated rings. The molecule has 0 aliphatic rings. The van der Waals surface area contributed by atoms with Crippen LogP contribution >= 0.6 is 0 Å². The highest BCUT2D eigenvalue weighted by Gasteiger charge is 2.06. The molecule has 2 aromatic rings. The van der Waals surface area contributed by atoms with Crippen LogP contribution < -0.4 is 0 Å². The number of aryl methyl sites for hydroxylation is 2. The summed E-state index contributed by atoms with van der Waals surface area (Å²) in [6.07, 6.45) is 2.23. The number of hydrogen-bond donors (Lipinski definition) is 0. The topological polar surface area (TPSA) is 0 Å². The first-order chi connectivity index (χ1) is 8.69. The Morgan fingerprint density at radius 3 is 1.94 bits per heavy atom. The van der Waals surface area contributed by atoms with E-state index in [2.05, 4.69) is 69.3 Å². The molecule has 94 valence electrons. The van der Waals surface area contributed by atoms with Crippen molar-refractivity contribution in [1.82, 2.24) is 0 Å². The number of benzene rings is 2. The Hall–Kier alpha value is -1.56. The Balaban J connectivity index is 2.06. The molecule has 0 spiro atoms. The lowest BCUT2D eigenvalue weighted by Crippen LogP contribution is -1.98. The summed E-state index contributed by atoms with van der Waals surface area (Å²) in [7, 11) is 0. The second-order valence-corrected chi connectivity index (χ2v) is 5.19. The van der Waals surface area contributed by atoms with E-state index in [-0.39, 0.29) is 0 Å². The summed E-state index contributed by atoms with van der Waals surface area (Å²) in [5.41, 5.74) is 5.61. The summed E-state index contributed by atoms with van der Waals surface area (Å²) >= 11 is 0. The van der Waals surface area contributed by atoms with Crippen LogP contribution in [0.3, 0.4) is 0 Å². The first-order valence-corrected chi connectivity index (χ1v) is 6.83. The maximum absolute atomic E-state index is 2.31. The van der Waals surface area contributed by atoms with Gasteiger partial charge < -0.3 is 0 Å². The van der Waals surface area contributed by atoms with E-state index < -0.39 is 0 Å². The van der Waals surface area contributed by atoms with Gasteiger partial charge in [0, 0.05) is 0 Å². The summed E-state index contributed by atoms with van der Waals surface area (Å²) in [5, 5.41) is 0. The fourth-order valence-electron chi connectivity index (χ4n) is 2.28. The third-order valence-corrected chi connectivity index (χ3v) is 3.62. The standard InChI is InChI=1S/C18H22/c1-4-16-9-11-18(12-10-16)15(3)13-17-7-5-14(2)6-8-17/h5-12,15H,4,13H2,1-3H3. The van der Waals surface area contributed by atoms with Crippen LogP contribution in [0, 0.1) is 6.92 Å². The molecule has 0 saturated heterocycles. The van der Waals surface area contributed by atoms with Crippen molar-refractivity contribution in [2.24, 2.45) is 0 Å². The van der Waals surface area contributed by atoms with E-state index >= 15 is 0 Å². The van der Waals surface area contributed by atoms with Crippen molar-refractivity contribution in [3.63, 3.8) is 0 Å². The van der Waals surface area contributed by atoms with Crippen LogP contribution in [-0.2, 0) is 12.8 Å². The van der Waals surface area contributed by atoms with Gasteiger partial charge in [0.2, 0.25) is 0 Å². The second kappa shape index (κ2) is 5.86. The van der Waals surface area contributed by atoms with E-state index in [0.29, 0.717) is 5.92 Å². The second-order valence-electron chi connectivity index (χ2n) is 5.19. The van der Waals surface area contributed by atoms with Gasteiger partial charge >= 0.3 is 0 Å². The molecule has 0 nitrogen and oxygen atoms in total. The highest BCUT2D eigenvalue weighted by molar-refractivity contribution is 5.28. The first kappa shape index (κ1) is 12.9. The van der Waals surface area contributed by atoms with Gasteiger partial charge in [-0.05, 0) is 42.4 Å². The van der Waals surface area contributed by atoms with Crippen LogP contribution in [-0.4, -0.2) is 0 Å². The van der Waals surface area contributed by atoms with Gasteiger partial charge in [-0.2, -0.15) is 0 Å². The monoisotopic (exact) mass is 238 g/mol. The lowest BCUT2D eigenvalue weighted by Gasteiger charge is -2.12. The molecule has 0 amide bonds. The zero-order chi connectivity index (χ0) is 13.0. The predicted molar refractivity (Wildman–Crippen MR) is 79.1 cm³/mol. The van der Waals surface area contributed by atoms with E-state index in [4.69, 9.17) is 0 Å². The first-order valence-electron chi connectivity index (χ1n) is 6.83. The average molecular weight is 238 g/mol. The van der Waals surface area contributed by atoms with Gasteiger partial charge in [-0.1, -0.05) is 67.9 Å². The fourth-order valence-corrected chi connectivity index (χ4v) is 2.28. The van der Waals surface area contributed by atoms with E-state index in [1.807, 2.05) is 0 Å². The highest BCUT2D eigenvalue weighted by atomic mass is 14.1. The highest BCUT2D eigenvalue weighted by Crippen LogP contribution is 2.21. The van der Waals surface area contributed by atoms with E-state index in [9.17, 15) is 0 Å². The predicted octanol–water partition coefficient (Wildman–Crippen LogP) is 4.90. The lowest BCUT2D eigenvalue weighted by molar-refractivity contribution is 0.758. The Labute approximate surface area is 111 Å². The van der Waals surface area contributed by atoms with Crippen LogP contribution in [0.15, 0.2) is 48.5 Å². The zero-order valence-electron chi connectivity index (χ0n) is 11.6. The summed E-state index contributed by atoms with van der Waals surface area (Å²) in [6.45, 7) is 6.64. The number of hydrogen-bond acceptors (Lipinski definition) is 0. The van der Waals surface area contributed by atoms with Crippen LogP contribution in [0.5, 0.6) is 0 Å². The molecule has 1 atom stereocenters. The Morgan fingerprint density at radius 1 is 0.833 bits per heavy atom. The average Bonchev–Trinajstić information content (AvgIpc) is 2.41. The molecule has 0 heterocycles. The molecule has 0 aliphatic heterocycles. The van der Waals surface area contributed by atoms with Crippen LogP contribution in [0.2, 0.25) is 0 Å². The minimum atomic E-state index is 0.582. The zero-order valence-corrected chi connectivity index (χ0v) is 11.6. The van der Waals surface area contributed by atoms with Crippen LogP contribution in [0.4, 0.5) is 0 Å². The Morgan fingerprint density at radius 2 is 1.39 bits per heavy atom. The summed E-state index contributed by atoms with van der Waals surface area (Å²) < 4.78 is 0. The van der Waals surface area contributed by atoms with Crippen molar-refractivity contribution < 1.29 is 0 Å². The van der Waals surface area contributed by atoms with E-state index in [0.717, 1.165) is 12.8 Å². The third kappa shape index (κ3) is 3.22. The molecule has 0 aliphatic carbocycles. The fraction of sp³-hybridized carbons (Fsp3) is 0.333. The van der Waals surface area contributed by atoms with Gasteiger partial charge in [0.15, 0.2) is 0 Å². The molecule has 0 aromatic heterocycles. The molecule has 0 N–H and O–H groups in total. The summed E-state index contributed by atoms with van der Waals surface area (Å²) in [6, 6.07) is 17.9. The SMILES string of the molecule is CCc1ccc(C(C)Cc2ccc(C)cc2)cc1. The summed E-state index contributed by atoms with van der Waals surface area (Å²) in [5.74, 6) is 0.582. The van der Waals surface area contributed by atoms with Gasteiger partial charge in [0.05, 0.1) is 0 Å².